The van der Waals surface area contributed by atoms with Crippen molar-refractivity contribution in [2.75, 3.05) is 6.54 Å². The van der Waals surface area contributed by atoms with Crippen molar-refractivity contribution in [3.63, 3.8) is 0 Å². The van der Waals surface area contributed by atoms with E-state index in [1.54, 1.807) is 0 Å². The molecule has 1 aromatic heterocycles. The molecule has 2 rings (SSSR count). The van der Waals surface area contributed by atoms with Gasteiger partial charge in [0.2, 0.25) is 5.89 Å². The Morgan fingerprint density at radius 2 is 2.18 bits per heavy atom. The zero-order valence-corrected chi connectivity index (χ0v) is 11.0. The predicted octanol–water partition coefficient (Wildman–Crippen LogP) is 3.15. The smallest absolute Gasteiger partial charge is 0.208 e. The molecule has 3 heteroatoms. The van der Waals surface area contributed by atoms with E-state index in [0.717, 1.165) is 37.1 Å². The van der Waals surface area contributed by atoms with Gasteiger partial charge in [-0.2, -0.15) is 0 Å². The molecule has 0 spiro atoms. The van der Waals surface area contributed by atoms with Crippen LogP contribution in [-0.2, 0) is 13.0 Å². The summed E-state index contributed by atoms with van der Waals surface area (Å²) >= 11 is 0. The number of hydrogen-bond donors (Lipinski definition) is 1. The number of hydrogen-bond acceptors (Lipinski definition) is 3. The Hall–Kier alpha value is -0.830. The lowest BCUT2D eigenvalue weighted by Gasteiger charge is -2.05. The van der Waals surface area contributed by atoms with Gasteiger partial charge in [0.25, 0.3) is 0 Å². The van der Waals surface area contributed by atoms with Crippen molar-refractivity contribution in [1.82, 2.24) is 10.3 Å². The van der Waals surface area contributed by atoms with E-state index in [2.05, 4.69) is 24.1 Å². The first-order valence-corrected chi connectivity index (χ1v) is 6.88. The van der Waals surface area contributed by atoms with Gasteiger partial charge in [-0.15, -0.1) is 0 Å². The van der Waals surface area contributed by atoms with E-state index in [1.807, 2.05) is 6.20 Å². The van der Waals surface area contributed by atoms with Crippen molar-refractivity contribution in [2.24, 2.45) is 11.8 Å². The zero-order valence-electron chi connectivity index (χ0n) is 11.0. The number of nitrogens with one attached hydrogen (secondary N) is 1. The molecular weight excluding hydrogens is 212 g/mol. The van der Waals surface area contributed by atoms with Crippen LogP contribution in [0.2, 0.25) is 0 Å². The van der Waals surface area contributed by atoms with Gasteiger partial charge >= 0.3 is 0 Å². The monoisotopic (exact) mass is 236 g/mol. The average molecular weight is 236 g/mol. The van der Waals surface area contributed by atoms with E-state index < -0.39 is 0 Å². The molecule has 1 N–H and O–H groups in total. The van der Waals surface area contributed by atoms with Crippen molar-refractivity contribution in [2.45, 2.75) is 52.5 Å². The van der Waals surface area contributed by atoms with Crippen LogP contribution in [-0.4, -0.2) is 11.5 Å². The number of nitrogens with zero attached hydrogens (tertiary/aromatic N) is 1. The highest BCUT2D eigenvalue weighted by Crippen LogP contribution is 2.28. The van der Waals surface area contributed by atoms with Gasteiger partial charge in [0.05, 0.1) is 12.7 Å². The molecule has 0 atom stereocenters. The van der Waals surface area contributed by atoms with Crippen LogP contribution in [0.25, 0.3) is 0 Å². The summed E-state index contributed by atoms with van der Waals surface area (Å²) < 4.78 is 5.75. The SMILES string of the molecule is CC(C)CNCc1ncc(CC2CCCC2)o1. The van der Waals surface area contributed by atoms with Crippen LogP contribution in [0.15, 0.2) is 10.6 Å². The van der Waals surface area contributed by atoms with Gasteiger partial charge in [-0.1, -0.05) is 39.5 Å². The maximum absolute atomic E-state index is 5.75. The first kappa shape index (κ1) is 12.6. The van der Waals surface area contributed by atoms with Crippen molar-refractivity contribution in [3.05, 3.63) is 17.8 Å². The molecule has 1 heterocycles. The fourth-order valence-corrected chi connectivity index (χ4v) is 2.49. The second-order valence-electron chi connectivity index (χ2n) is 5.60. The van der Waals surface area contributed by atoms with E-state index in [4.69, 9.17) is 4.42 Å². The molecule has 1 fully saturated rings. The fourth-order valence-electron chi connectivity index (χ4n) is 2.49. The summed E-state index contributed by atoms with van der Waals surface area (Å²) in [4.78, 5) is 4.33. The second-order valence-corrected chi connectivity index (χ2v) is 5.60. The van der Waals surface area contributed by atoms with Crippen molar-refractivity contribution >= 4 is 0 Å². The van der Waals surface area contributed by atoms with E-state index in [1.165, 1.54) is 25.7 Å². The van der Waals surface area contributed by atoms with Gasteiger partial charge in [0.15, 0.2) is 0 Å². The first-order valence-electron chi connectivity index (χ1n) is 6.88. The van der Waals surface area contributed by atoms with Gasteiger partial charge in [-0.3, -0.25) is 0 Å². The first-order chi connectivity index (χ1) is 8.24. The average Bonchev–Trinajstić information content (AvgIpc) is 2.90. The summed E-state index contributed by atoms with van der Waals surface area (Å²) in [6, 6.07) is 0. The lowest BCUT2D eigenvalue weighted by molar-refractivity contribution is 0.399. The van der Waals surface area contributed by atoms with Crippen LogP contribution >= 0.6 is 0 Å². The quantitative estimate of drug-likeness (QED) is 0.824. The molecule has 0 amide bonds. The van der Waals surface area contributed by atoms with Gasteiger partial charge in [0.1, 0.15) is 5.76 Å². The fraction of sp³-hybridized carbons (Fsp3) is 0.786. The third-order valence-corrected chi connectivity index (χ3v) is 3.39. The van der Waals surface area contributed by atoms with Gasteiger partial charge in [0, 0.05) is 6.42 Å². The Morgan fingerprint density at radius 1 is 1.41 bits per heavy atom. The van der Waals surface area contributed by atoms with E-state index in [0.29, 0.717) is 5.92 Å². The largest absolute Gasteiger partial charge is 0.444 e. The Morgan fingerprint density at radius 3 is 2.88 bits per heavy atom. The summed E-state index contributed by atoms with van der Waals surface area (Å²) in [5, 5.41) is 3.35. The highest BCUT2D eigenvalue weighted by atomic mass is 16.4. The molecule has 96 valence electrons. The molecule has 1 aromatic rings. The van der Waals surface area contributed by atoms with Gasteiger partial charge < -0.3 is 9.73 Å². The Labute approximate surface area is 104 Å². The third-order valence-electron chi connectivity index (χ3n) is 3.39. The molecule has 17 heavy (non-hydrogen) atoms. The standard InChI is InChI=1S/C14H24N2O/c1-11(2)8-15-10-14-16-9-13(17-14)7-12-5-3-4-6-12/h9,11-12,15H,3-8,10H2,1-2H3. The molecule has 1 aliphatic carbocycles. The van der Waals surface area contributed by atoms with Crippen LogP contribution in [0, 0.1) is 11.8 Å². The predicted molar refractivity (Wildman–Crippen MR) is 68.7 cm³/mol. The van der Waals surface area contributed by atoms with E-state index >= 15 is 0 Å². The summed E-state index contributed by atoms with van der Waals surface area (Å²) in [7, 11) is 0. The van der Waals surface area contributed by atoms with Crippen LogP contribution in [0.4, 0.5) is 0 Å². The number of oxazole rings is 1. The maximum Gasteiger partial charge on any atom is 0.208 e. The second kappa shape index (κ2) is 6.20. The number of aromatic nitrogens is 1. The molecular formula is C14H24N2O. The summed E-state index contributed by atoms with van der Waals surface area (Å²) in [5.74, 6) is 3.40. The maximum atomic E-state index is 5.75. The molecule has 1 aliphatic rings. The van der Waals surface area contributed by atoms with Crippen molar-refractivity contribution in [1.29, 1.82) is 0 Å². The Balaban J connectivity index is 1.75. The molecule has 0 aromatic carbocycles. The van der Waals surface area contributed by atoms with Gasteiger partial charge in [-0.25, -0.2) is 4.98 Å². The van der Waals surface area contributed by atoms with Crippen LogP contribution in [0.1, 0.15) is 51.2 Å². The molecule has 0 bridgehead atoms. The minimum Gasteiger partial charge on any atom is -0.444 e. The van der Waals surface area contributed by atoms with Crippen LogP contribution < -0.4 is 5.32 Å². The molecule has 0 radical (unpaired) electrons. The third kappa shape index (κ3) is 4.15. The van der Waals surface area contributed by atoms with Crippen LogP contribution in [0.5, 0.6) is 0 Å². The highest BCUT2D eigenvalue weighted by molar-refractivity contribution is 4.96. The van der Waals surface area contributed by atoms with Crippen molar-refractivity contribution < 1.29 is 4.42 Å². The number of rotatable bonds is 6. The van der Waals surface area contributed by atoms with Gasteiger partial charge in [-0.05, 0) is 18.4 Å². The van der Waals surface area contributed by atoms with E-state index in [9.17, 15) is 0 Å². The molecule has 0 aliphatic heterocycles. The molecule has 0 saturated heterocycles. The highest BCUT2D eigenvalue weighted by Gasteiger charge is 2.17. The summed E-state index contributed by atoms with van der Waals surface area (Å²) in [6.07, 6.45) is 8.49. The lowest BCUT2D eigenvalue weighted by Crippen LogP contribution is -2.19. The summed E-state index contributed by atoms with van der Waals surface area (Å²) in [6.45, 7) is 6.17. The Bertz CT molecular complexity index is 327. The molecule has 1 saturated carbocycles. The van der Waals surface area contributed by atoms with Crippen LogP contribution in [0.3, 0.4) is 0 Å². The minimum atomic E-state index is 0.669. The minimum absolute atomic E-state index is 0.669. The molecule has 0 unspecified atom stereocenters. The lowest BCUT2D eigenvalue weighted by atomic mass is 10.0. The normalized spacial score (nSPS) is 17.1. The molecule has 3 nitrogen and oxygen atoms in total. The Kier molecular flexibility index (Phi) is 4.60. The zero-order chi connectivity index (χ0) is 12.1. The topological polar surface area (TPSA) is 38.1 Å². The van der Waals surface area contributed by atoms with Crippen molar-refractivity contribution in [3.8, 4) is 0 Å². The van der Waals surface area contributed by atoms with E-state index in [-0.39, 0.29) is 0 Å². The summed E-state index contributed by atoms with van der Waals surface area (Å²) in [5.41, 5.74) is 0.